The zero-order chi connectivity index (χ0) is 19.6. The van der Waals surface area contributed by atoms with E-state index in [2.05, 4.69) is 29.9 Å². The number of morpholine rings is 1. The number of fused-ring (bicyclic) bond motifs is 1. The molecule has 9 heteroatoms. The van der Waals surface area contributed by atoms with E-state index < -0.39 is 0 Å². The molecule has 154 valence electrons. The number of nitrogens with zero attached hydrogens (tertiary/aromatic N) is 4. The minimum atomic E-state index is 0.443. The van der Waals surface area contributed by atoms with Gasteiger partial charge in [0.25, 0.3) is 0 Å². The number of anilines is 3. The Morgan fingerprint density at radius 1 is 1.17 bits per heavy atom. The zero-order valence-electron chi connectivity index (χ0n) is 16.6. The SMILES string of the molecule is Cc1cc(Nc2nc(NC3CCC(N4CCOCC4)CC3)c3cc[nH]c3n2)sn1. The van der Waals surface area contributed by atoms with Crippen molar-refractivity contribution in [3.8, 4) is 0 Å². The fraction of sp³-hybridized carbons (Fsp3) is 0.550. The molecule has 0 aromatic carbocycles. The largest absolute Gasteiger partial charge is 0.379 e. The highest BCUT2D eigenvalue weighted by atomic mass is 32.1. The first-order chi connectivity index (χ1) is 14.2. The van der Waals surface area contributed by atoms with Crippen LogP contribution >= 0.6 is 11.5 Å². The third-order valence-corrected chi connectivity index (χ3v) is 6.67. The number of hydrogen-bond donors (Lipinski definition) is 3. The van der Waals surface area contributed by atoms with Crippen LogP contribution in [0.1, 0.15) is 31.4 Å². The van der Waals surface area contributed by atoms with E-state index in [1.807, 2.05) is 25.3 Å². The van der Waals surface area contributed by atoms with Crippen molar-refractivity contribution in [2.75, 3.05) is 36.9 Å². The second-order valence-corrected chi connectivity index (χ2v) is 8.70. The number of H-pyrrole nitrogens is 1. The van der Waals surface area contributed by atoms with E-state index >= 15 is 0 Å². The first-order valence-electron chi connectivity index (χ1n) is 10.4. The average Bonchev–Trinajstić information content (AvgIpc) is 3.38. The third kappa shape index (κ3) is 4.22. The topological polar surface area (TPSA) is 91.0 Å². The Kier molecular flexibility index (Phi) is 5.34. The van der Waals surface area contributed by atoms with E-state index in [1.54, 1.807) is 0 Å². The quantitative estimate of drug-likeness (QED) is 0.589. The molecule has 3 aromatic rings. The zero-order valence-corrected chi connectivity index (χ0v) is 17.5. The third-order valence-electron chi connectivity index (χ3n) is 5.88. The lowest BCUT2D eigenvalue weighted by Gasteiger charge is -2.39. The molecule has 1 aliphatic carbocycles. The number of nitrogens with one attached hydrogen (secondary N) is 3. The van der Waals surface area contributed by atoms with Crippen LogP contribution in [0.2, 0.25) is 0 Å². The highest BCUT2D eigenvalue weighted by molar-refractivity contribution is 7.10. The molecule has 0 amide bonds. The van der Waals surface area contributed by atoms with Crippen LogP contribution in [0.25, 0.3) is 11.0 Å². The molecule has 4 heterocycles. The molecule has 0 bridgehead atoms. The summed E-state index contributed by atoms with van der Waals surface area (Å²) < 4.78 is 9.81. The highest BCUT2D eigenvalue weighted by Crippen LogP contribution is 2.29. The summed E-state index contributed by atoms with van der Waals surface area (Å²) in [5.74, 6) is 1.49. The van der Waals surface area contributed by atoms with Crippen LogP contribution in [0.4, 0.5) is 16.8 Å². The lowest BCUT2D eigenvalue weighted by Crippen LogP contribution is -2.46. The molecule has 1 saturated carbocycles. The molecule has 0 radical (unpaired) electrons. The Bertz CT molecular complexity index is 957. The van der Waals surface area contributed by atoms with E-state index in [0.29, 0.717) is 18.0 Å². The monoisotopic (exact) mass is 413 g/mol. The first kappa shape index (κ1) is 18.8. The predicted octanol–water partition coefficient (Wildman–Crippen LogP) is 3.52. The van der Waals surface area contributed by atoms with Crippen molar-refractivity contribution in [1.82, 2.24) is 24.2 Å². The van der Waals surface area contributed by atoms with Gasteiger partial charge in [-0.1, -0.05) is 0 Å². The van der Waals surface area contributed by atoms with Crippen LogP contribution in [0.15, 0.2) is 18.3 Å². The van der Waals surface area contributed by atoms with Gasteiger partial charge in [-0.3, -0.25) is 4.90 Å². The normalized spacial score (nSPS) is 23.3. The number of hydrogen-bond acceptors (Lipinski definition) is 8. The Morgan fingerprint density at radius 2 is 2.00 bits per heavy atom. The van der Waals surface area contributed by atoms with Crippen LogP contribution in [0.5, 0.6) is 0 Å². The van der Waals surface area contributed by atoms with Crippen LogP contribution in [-0.4, -0.2) is 62.6 Å². The molecular weight excluding hydrogens is 386 g/mol. The van der Waals surface area contributed by atoms with Crippen LogP contribution in [0.3, 0.4) is 0 Å². The van der Waals surface area contributed by atoms with Gasteiger partial charge in [-0.2, -0.15) is 14.3 Å². The standard InChI is InChI=1S/C20H27N7OS/c1-13-12-17(29-26-13)23-20-24-18-16(6-7-21-18)19(25-20)22-14-2-4-15(5-3-14)27-8-10-28-11-9-27/h6-7,12,14-15H,2-5,8-11H2,1H3,(H3,21,22,23,24,25). The minimum Gasteiger partial charge on any atom is -0.379 e. The lowest BCUT2D eigenvalue weighted by atomic mass is 9.90. The fourth-order valence-corrected chi connectivity index (χ4v) is 5.02. The molecule has 2 fully saturated rings. The van der Waals surface area contributed by atoms with Gasteiger partial charge in [0.1, 0.15) is 16.5 Å². The summed E-state index contributed by atoms with van der Waals surface area (Å²) in [5.41, 5.74) is 1.84. The average molecular weight is 414 g/mol. The number of aromatic nitrogens is 4. The molecule has 2 aliphatic rings. The molecule has 5 rings (SSSR count). The Hall–Kier alpha value is -2.23. The molecule has 3 aromatic heterocycles. The van der Waals surface area contributed by atoms with Gasteiger partial charge < -0.3 is 20.4 Å². The Morgan fingerprint density at radius 3 is 2.76 bits per heavy atom. The van der Waals surface area contributed by atoms with E-state index in [0.717, 1.165) is 66.7 Å². The number of ether oxygens (including phenoxy) is 1. The van der Waals surface area contributed by atoms with Crippen molar-refractivity contribution in [3.63, 3.8) is 0 Å². The highest BCUT2D eigenvalue weighted by Gasteiger charge is 2.27. The summed E-state index contributed by atoms with van der Waals surface area (Å²) in [7, 11) is 0. The van der Waals surface area contributed by atoms with Crippen LogP contribution < -0.4 is 10.6 Å². The summed E-state index contributed by atoms with van der Waals surface area (Å²) in [6, 6.07) is 5.19. The van der Waals surface area contributed by atoms with Crippen molar-refractivity contribution < 1.29 is 4.74 Å². The molecule has 29 heavy (non-hydrogen) atoms. The van der Waals surface area contributed by atoms with Crippen LogP contribution in [0, 0.1) is 6.92 Å². The van der Waals surface area contributed by atoms with Gasteiger partial charge in [0.05, 0.1) is 24.3 Å². The van der Waals surface area contributed by atoms with Gasteiger partial charge in [-0.05, 0) is 56.3 Å². The maximum absolute atomic E-state index is 5.50. The first-order valence-corrected chi connectivity index (χ1v) is 11.2. The second kappa shape index (κ2) is 8.25. The van der Waals surface area contributed by atoms with Gasteiger partial charge in [-0.25, -0.2) is 0 Å². The van der Waals surface area contributed by atoms with Crippen molar-refractivity contribution >= 4 is 39.3 Å². The molecule has 0 unspecified atom stereocenters. The fourth-order valence-electron chi connectivity index (χ4n) is 4.36. The maximum Gasteiger partial charge on any atom is 0.231 e. The number of aryl methyl sites for hydroxylation is 1. The van der Waals surface area contributed by atoms with Crippen LogP contribution in [-0.2, 0) is 4.74 Å². The van der Waals surface area contributed by atoms with Crippen molar-refractivity contribution in [2.24, 2.45) is 0 Å². The molecule has 0 spiro atoms. The minimum absolute atomic E-state index is 0.443. The molecular formula is C20H27N7OS. The van der Waals surface area contributed by atoms with E-state index in [9.17, 15) is 0 Å². The molecule has 1 aliphatic heterocycles. The van der Waals surface area contributed by atoms with Crippen molar-refractivity contribution in [2.45, 2.75) is 44.7 Å². The summed E-state index contributed by atoms with van der Waals surface area (Å²) in [4.78, 5) is 15.2. The molecule has 0 atom stereocenters. The molecule has 3 N–H and O–H groups in total. The van der Waals surface area contributed by atoms with Gasteiger partial charge in [0, 0.05) is 31.4 Å². The molecule has 8 nitrogen and oxygen atoms in total. The van der Waals surface area contributed by atoms with Gasteiger partial charge in [0.2, 0.25) is 5.95 Å². The summed E-state index contributed by atoms with van der Waals surface area (Å²) in [5, 5.41) is 8.97. The smallest absolute Gasteiger partial charge is 0.231 e. The van der Waals surface area contributed by atoms with Crippen molar-refractivity contribution in [3.05, 3.63) is 24.0 Å². The predicted molar refractivity (Wildman–Crippen MR) is 116 cm³/mol. The lowest BCUT2D eigenvalue weighted by molar-refractivity contribution is 0.00791. The van der Waals surface area contributed by atoms with Gasteiger partial charge >= 0.3 is 0 Å². The van der Waals surface area contributed by atoms with Gasteiger partial charge in [-0.15, -0.1) is 0 Å². The Balaban J connectivity index is 1.28. The maximum atomic E-state index is 5.50. The van der Waals surface area contributed by atoms with Crippen molar-refractivity contribution in [1.29, 1.82) is 0 Å². The van der Waals surface area contributed by atoms with E-state index in [4.69, 9.17) is 9.72 Å². The molecule has 1 saturated heterocycles. The van der Waals surface area contributed by atoms with E-state index in [1.165, 1.54) is 24.4 Å². The number of rotatable bonds is 5. The van der Waals surface area contributed by atoms with E-state index in [-0.39, 0.29) is 0 Å². The van der Waals surface area contributed by atoms with Gasteiger partial charge in [0.15, 0.2) is 0 Å². The Labute approximate surface area is 174 Å². The summed E-state index contributed by atoms with van der Waals surface area (Å²) in [6.45, 7) is 5.88. The second-order valence-electron chi connectivity index (χ2n) is 7.89. The summed E-state index contributed by atoms with van der Waals surface area (Å²) in [6.07, 6.45) is 6.69. The number of aromatic amines is 1. The summed E-state index contributed by atoms with van der Waals surface area (Å²) >= 11 is 1.42.